The molecule has 1 aliphatic carbocycles. The van der Waals surface area contributed by atoms with E-state index in [1.165, 1.54) is 29.3 Å². The molecule has 0 fully saturated rings. The summed E-state index contributed by atoms with van der Waals surface area (Å²) in [6, 6.07) is 7.84. The van der Waals surface area contributed by atoms with Gasteiger partial charge in [0.2, 0.25) is 0 Å². The Kier molecular flexibility index (Phi) is 3.54. The second-order valence-corrected chi connectivity index (χ2v) is 6.09. The minimum atomic E-state index is -0.332. The molecule has 0 spiro atoms. The van der Waals surface area contributed by atoms with Gasteiger partial charge >= 0.3 is 0 Å². The Morgan fingerprint density at radius 3 is 2.76 bits per heavy atom. The van der Waals surface area contributed by atoms with Crippen molar-refractivity contribution in [1.29, 1.82) is 0 Å². The van der Waals surface area contributed by atoms with E-state index < -0.39 is 0 Å². The number of rotatable bonds is 2. The zero-order valence-electron chi connectivity index (χ0n) is 12.0. The summed E-state index contributed by atoms with van der Waals surface area (Å²) in [4.78, 5) is 0. The van der Waals surface area contributed by atoms with Gasteiger partial charge in [-0.2, -0.15) is 0 Å². The van der Waals surface area contributed by atoms with Crippen LogP contribution < -0.4 is 5.32 Å². The third-order valence-corrected chi connectivity index (χ3v) is 4.50. The molecule has 0 heterocycles. The quantitative estimate of drug-likeness (QED) is 0.804. The van der Waals surface area contributed by atoms with Gasteiger partial charge in [-0.15, -0.1) is 0 Å². The lowest BCUT2D eigenvalue weighted by Gasteiger charge is -2.18. The van der Waals surface area contributed by atoms with E-state index >= 15 is 0 Å². The Bertz CT molecular complexity index is 701. The van der Waals surface area contributed by atoms with Crippen LogP contribution >= 0.6 is 11.6 Å². The predicted octanol–water partition coefficient (Wildman–Crippen LogP) is 5.15. The van der Waals surface area contributed by atoms with Gasteiger partial charge in [0.05, 0.1) is 16.8 Å². The van der Waals surface area contributed by atoms with Gasteiger partial charge in [-0.25, -0.2) is 4.39 Å². The van der Waals surface area contributed by atoms with Crippen LogP contribution in [-0.2, 0) is 0 Å². The molecule has 110 valence electrons. The molecule has 2 atom stereocenters. The molecule has 4 heteroatoms. The summed E-state index contributed by atoms with van der Waals surface area (Å²) in [6.07, 6.45) is 0.848. The largest absolute Gasteiger partial charge is 0.508 e. The molecule has 2 aromatic rings. The minimum Gasteiger partial charge on any atom is -0.508 e. The summed E-state index contributed by atoms with van der Waals surface area (Å²) in [5.41, 5.74) is 3.82. The Balaban J connectivity index is 2.00. The van der Waals surface area contributed by atoms with Crippen LogP contribution in [0.5, 0.6) is 5.75 Å². The molecule has 0 saturated heterocycles. The molecule has 0 radical (unpaired) electrons. The minimum absolute atomic E-state index is 0.0609. The maximum Gasteiger partial charge on any atom is 0.125 e. The second-order valence-electron chi connectivity index (χ2n) is 5.69. The standard InChI is InChI=1S/C17H17ClFNO/c1-9-3-6-15(21)17-14(7-10(2)16(9)17)20-13-8-11(19)4-5-12(13)18/h3-6,8,10,14,20-21H,7H2,1-2H3. The number of hydrogen-bond donors (Lipinski definition) is 2. The summed E-state index contributed by atoms with van der Waals surface area (Å²) in [5.74, 6) is 0.295. The Hall–Kier alpha value is -1.74. The van der Waals surface area contributed by atoms with Gasteiger partial charge in [-0.1, -0.05) is 24.6 Å². The number of nitrogens with one attached hydrogen (secondary N) is 1. The van der Waals surface area contributed by atoms with Crippen molar-refractivity contribution in [2.24, 2.45) is 0 Å². The fourth-order valence-electron chi connectivity index (χ4n) is 3.27. The summed E-state index contributed by atoms with van der Waals surface area (Å²) >= 11 is 6.12. The highest BCUT2D eigenvalue weighted by atomic mass is 35.5. The predicted molar refractivity (Wildman–Crippen MR) is 83.6 cm³/mol. The SMILES string of the molecule is Cc1ccc(O)c2c1C(C)CC2Nc1cc(F)ccc1Cl. The molecule has 2 aromatic carbocycles. The normalized spacial score (nSPS) is 20.4. The number of hydrogen-bond acceptors (Lipinski definition) is 2. The maximum atomic E-state index is 13.4. The Labute approximate surface area is 128 Å². The average molecular weight is 306 g/mol. The molecule has 1 aliphatic rings. The number of halogens is 2. The monoisotopic (exact) mass is 305 g/mol. The van der Waals surface area contributed by atoms with Crippen LogP contribution in [0.15, 0.2) is 30.3 Å². The van der Waals surface area contributed by atoms with Crippen molar-refractivity contribution >= 4 is 17.3 Å². The second kappa shape index (κ2) is 5.23. The smallest absolute Gasteiger partial charge is 0.125 e. The van der Waals surface area contributed by atoms with Crippen molar-refractivity contribution < 1.29 is 9.50 Å². The van der Waals surface area contributed by atoms with Crippen LogP contribution in [-0.4, -0.2) is 5.11 Å². The van der Waals surface area contributed by atoms with E-state index in [4.69, 9.17) is 11.6 Å². The Morgan fingerprint density at radius 1 is 1.24 bits per heavy atom. The van der Waals surface area contributed by atoms with E-state index in [9.17, 15) is 9.50 Å². The van der Waals surface area contributed by atoms with Gasteiger partial charge in [-0.05, 0) is 54.7 Å². The van der Waals surface area contributed by atoms with E-state index in [-0.39, 0.29) is 17.6 Å². The molecule has 0 bridgehead atoms. The molecular weight excluding hydrogens is 289 g/mol. The molecule has 2 nitrogen and oxygen atoms in total. The highest BCUT2D eigenvalue weighted by Gasteiger charge is 2.32. The number of anilines is 1. The van der Waals surface area contributed by atoms with E-state index in [2.05, 4.69) is 12.2 Å². The lowest BCUT2D eigenvalue weighted by Crippen LogP contribution is -2.08. The topological polar surface area (TPSA) is 32.3 Å². The van der Waals surface area contributed by atoms with E-state index in [1.807, 2.05) is 13.0 Å². The van der Waals surface area contributed by atoms with Crippen LogP contribution in [0.3, 0.4) is 0 Å². The lowest BCUT2D eigenvalue weighted by atomic mass is 9.97. The summed E-state index contributed by atoms with van der Waals surface area (Å²) in [7, 11) is 0. The fourth-order valence-corrected chi connectivity index (χ4v) is 3.44. The molecule has 2 N–H and O–H groups in total. The molecule has 2 unspecified atom stereocenters. The number of aromatic hydroxyl groups is 1. The third-order valence-electron chi connectivity index (χ3n) is 4.17. The molecule has 0 saturated carbocycles. The molecule has 21 heavy (non-hydrogen) atoms. The summed E-state index contributed by atoms with van der Waals surface area (Å²) in [5, 5.41) is 13.9. The number of benzene rings is 2. The van der Waals surface area contributed by atoms with Crippen molar-refractivity contribution in [2.75, 3.05) is 5.32 Å². The van der Waals surface area contributed by atoms with Gasteiger partial charge in [0, 0.05) is 5.56 Å². The highest BCUT2D eigenvalue weighted by Crippen LogP contribution is 2.47. The van der Waals surface area contributed by atoms with Crippen molar-refractivity contribution in [3.63, 3.8) is 0 Å². The van der Waals surface area contributed by atoms with Gasteiger partial charge < -0.3 is 10.4 Å². The lowest BCUT2D eigenvalue weighted by molar-refractivity contribution is 0.465. The van der Waals surface area contributed by atoms with E-state index in [1.54, 1.807) is 6.07 Å². The number of fused-ring (bicyclic) bond motifs is 1. The first-order valence-corrected chi connectivity index (χ1v) is 7.39. The van der Waals surface area contributed by atoms with Gasteiger partial charge in [0.25, 0.3) is 0 Å². The fraction of sp³-hybridized carbons (Fsp3) is 0.294. The van der Waals surface area contributed by atoms with Crippen LogP contribution in [0.4, 0.5) is 10.1 Å². The zero-order chi connectivity index (χ0) is 15.1. The first-order chi connectivity index (χ1) is 9.97. The first kappa shape index (κ1) is 14.2. The number of phenolic OH excluding ortho intramolecular Hbond substituents is 1. The van der Waals surface area contributed by atoms with E-state index in [0.29, 0.717) is 16.6 Å². The third kappa shape index (κ3) is 2.46. The van der Waals surface area contributed by atoms with E-state index in [0.717, 1.165) is 12.0 Å². The summed E-state index contributed by atoms with van der Waals surface area (Å²) < 4.78 is 13.4. The number of aryl methyl sites for hydroxylation is 1. The highest BCUT2D eigenvalue weighted by molar-refractivity contribution is 6.33. The van der Waals surface area contributed by atoms with Crippen LogP contribution in [0, 0.1) is 12.7 Å². The van der Waals surface area contributed by atoms with Crippen LogP contribution in [0.2, 0.25) is 5.02 Å². The van der Waals surface area contributed by atoms with Gasteiger partial charge in [0.15, 0.2) is 0 Å². The van der Waals surface area contributed by atoms with Gasteiger partial charge in [-0.3, -0.25) is 0 Å². The number of phenols is 1. The van der Waals surface area contributed by atoms with Crippen LogP contribution in [0.25, 0.3) is 0 Å². The van der Waals surface area contributed by atoms with Crippen molar-refractivity contribution in [1.82, 2.24) is 0 Å². The molecule has 3 rings (SSSR count). The van der Waals surface area contributed by atoms with Crippen molar-refractivity contribution in [3.05, 3.63) is 57.9 Å². The van der Waals surface area contributed by atoms with Crippen molar-refractivity contribution in [3.8, 4) is 5.75 Å². The average Bonchev–Trinajstić information content (AvgIpc) is 2.76. The first-order valence-electron chi connectivity index (χ1n) is 7.01. The molecule has 0 aliphatic heterocycles. The van der Waals surface area contributed by atoms with Gasteiger partial charge in [0.1, 0.15) is 11.6 Å². The van der Waals surface area contributed by atoms with Crippen LogP contribution in [0.1, 0.15) is 42.0 Å². The molecule has 0 aromatic heterocycles. The molecular formula is C17H17ClFNO. The Morgan fingerprint density at radius 2 is 2.00 bits per heavy atom. The van der Waals surface area contributed by atoms with Crippen molar-refractivity contribution in [2.45, 2.75) is 32.2 Å². The molecule has 0 amide bonds. The maximum absolute atomic E-state index is 13.4. The summed E-state index contributed by atoms with van der Waals surface area (Å²) in [6.45, 7) is 4.19. The zero-order valence-corrected chi connectivity index (χ0v) is 12.7.